The highest BCUT2D eigenvalue weighted by Gasteiger charge is 1.97. The molecular formula is C12H10O2S. The molecular weight excluding hydrogens is 208 g/mol. The van der Waals surface area contributed by atoms with Crippen LogP contribution in [-0.4, -0.2) is 4.21 Å². The lowest BCUT2D eigenvalue weighted by Crippen LogP contribution is -1.84. The first-order chi connectivity index (χ1) is 7.36. The standard InChI is InChI=1S/C12H10O2S/c13-15(12-4-2-1-3-5-12)9-7-11-6-8-14-10-11/h1-10H/b9-7+. The molecule has 0 aliphatic carbocycles. The van der Waals surface area contributed by atoms with E-state index in [-0.39, 0.29) is 0 Å². The SMILES string of the molecule is O=S(/C=C/c1ccoc1)c1ccccc1. The molecule has 1 atom stereocenters. The van der Waals surface area contributed by atoms with Crippen LogP contribution in [0.3, 0.4) is 0 Å². The van der Waals surface area contributed by atoms with Crippen molar-refractivity contribution >= 4 is 16.9 Å². The second kappa shape index (κ2) is 4.75. The summed E-state index contributed by atoms with van der Waals surface area (Å²) in [5.41, 5.74) is 0.916. The van der Waals surface area contributed by atoms with E-state index < -0.39 is 10.8 Å². The highest BCUT2D eigenvalue weighted by atomic mass is 32.2. The largest absolute Gasteiger partial charge is 0.472 e. The van der Waals surface area contributed by atoms with Crippen LogP contribution < -0.4 is 0 Å². The molecule has 3 heteroatoms. The van der Waals surface area contributed by atoms with E-state index in [1.807, 2.05) is 36.4 Å². The molecule has 1 heterocycles. The Balaban J connectivity index is 2.11. The average molecular weight is 218 g/mol. The van der Waals surface area contributed by atoms with E-state index in [0.29, 0.717) is 0 Å². The second-order valence-corrected chi connectivity index (χ2v) is 4.31. The minimum Gasteiger partial charge on any atom is -0.472 e. The lowest BCUT2D eigenvalue weighted by molar-refractivity contribution is 0.567. The van der Waals surface area contributed by atoms with Crippen LogP contribution in [0.25, 0.3) is 6.08 Å². The van der Waals surface area contributed by atoms with Crippen molar-refractivity contribution in [1.82, 2.24) is 0 Å². The van der Waals surface area contributed by atoms with Gasteiger partial charge in [0.25, 0.3) is 0 Å². The maximum Gasteiger partial charge on any atom is 0.0975 e. The molecule has 0 N–H and O–H groups in total. The van der Waals surface area contributed by atoms with Crippen LogP contribution >= 0.6 is 0 Å². The third kappa shape index (κ3) is 2.67. The van der Waals surface area contributed by atoms with Crippen LogP contribution in [0, 0.1) is 0 Å². The molecule has 15 heavy (non-hydrogen) atoms. The van der Waals surface area contributed by atoms with Crippen molar-refractivity contribution in [2.75, 3.05) is 0 Å². The molecule has 0 aliphatic rings. The van der Waals surface area contributed by atoms with Crippen LogP contribution in [0.5, 0.6) is 0 Å². The maximum atomic E-state index is 11.7. The lowest BCUT2D eigenvalue weighted by atomic mass is 10.3. The smallest absolute Gasteiger partial charge is 0.0975 e. The maximum absolute atomic E-state index is 11.7. The number of hydrogen-bond donors (Lipinski definition) is 0. The monoisotopic (exact) mass is 218 g/mol. The highest BCUT2D eigenvalue weighted by Crippen LogP contribution is 2.09. The van der Waals surface area contributed by atoms with E-state index >= 15 is 0 Å². The van der Waals surface area contributed by atoms with Crippen molar-refractivity contribution in [3.05, 3.63) is 59.9 Å². The molecule has 0 bridgehead atoms. The number of benzene rings is 1. The van der Waals surface area contributed by atoms with Gasteiger partial charge in [0.15, 0.2) is 0 Å². The minimum atomic E-state index is -1.09. The molecule has 0 radical (unpaired) electrons. The first-order valence-electron chi connectivity index (χ1n) is 4.52. The predicted octanol–water partition coefficient (Wildman–Crippen LogP) is 3.06. The summed E-state index contributed by atoms with van der Waals surface area (Å²) in [5.74, 6) is 0. The van der Waals surface area contributed by atoms with Crippen molar-refractivity contribution in [1.29, 1.82) is 0 Å². The van der Waals surface area contributed by atoms with Gasteiger partial charge in [-0.25, -0.2) is 4.21 Å². The summed E-state index contributed by atoms with van der Waals surface area (Å²) in [7, 11) is -1.09. The minimum absolute atomic E-state index is 0.803. The normalized spacial score (nSPS) is 13.1. The number of rotatable bonds is 3. The zero-order chi connectivity index (χ0) is 10.5. The fraction of sp³-hybridized carbons (Fsp3) is 0. The molecule has 0 aliphatic heterocycles. The Morgan fingerprint density at radius 2 is 1.93 bits per heavy atom. The van der Waals surface area contributed by atoms with Crippen molar-refractivity contribution in [3.63, 3.8) is 0 Å². The molecule has 76 valence electrons. The van der Waals surface area contributed by atoms with Gasteiger partial charge in [0.2, 0.25) is 0 Å². The van der Waals surface area contributed by atoms with E-state index in [2.05, 4.69) is 0 Å². The Bertz CT molecular complexity index is 458. The summed E-state index contributed by atoms with van der Waals surface area (Å²) in [5, 5.41) is 1.65. The van der Waals surface area contributed by atoms with Gasteiger partial charge in [-0.05, 0) is 24.3 Å². The summed E-state index contributed by atoms with van der Waals surface area (Å²) in [4.78, 5) is 0.803. The van der Waals surface area contributed by atoms with E-state index in [1.54, 1.807) is 24.0 Å². The van der Waals surface area contributed by atoms with Gasteiger partial charge in [-0.2, -0.15) is 0 Å². The molecule has 1 aromatic heterocycles. The van der Waals surface area contributed by atoms with Crippen LogP contribution in [0.2, 0.25) is 0 Å². The third-order valence-corrected chi connectivity index (χ3v) is 3.02. The number of hydrogen-bond acceptors (Lipinski definition) is 2. The molecule has 0 fully saturated rings. The Morgan fingerprint density at radius 3 is 2.60 bits per heavy atom. The van der Waals surface area contributed by atoms with Gasteiger partial charge in [-0.15, -0.1) is 0 Å². The van der Waals surface area contributed by atoms with E-state index in [9.17, 15) is 4.21 Å². The van der Waals surface area contributed by atoms with Gasteiger partial charge in [-0.1, -0.05) is 18.2 Å². The summed E-state index contributed by atoms with van der Waals surface area (Å²) >= 11 is 0. The Hall–Kier alpha value is -1.61. The van der Waals surface area contributed by atoms with Crippen LogP contribution in [-0.2, 0) is 10.8 Å². The Morgan fingerprint density at radius 1 is 1.13 bits per heavy atom. The molecule has 2 nitrogen and oxygen atoms in total. The van der Waals surface area contributed by atoms with Crippen LogP contribution in [0.1, 0.15) is 5.56 Å². The third-order valence-electron chi connectivity index (χ3n) is 1.90. The summed E-state index contributed by atoms with van der Waals surface area (Å²) in [6, 6.07) is 11.2. The first kappa shape index (κ1) is 9.93. The quantitative estimate of drug-likeness (QED) is 0.792. The average Bonchev–Trinajstić information content (AvgIpc) is 2.80. The van der Waals surface area contributed by atoms with E-state index in [4.69, 9.17) is 4.42 Å². The zero-order valence-electron chi connectivity index (χ0n) is 8.00. The molecule has 0 saturated carbocycles. The molecule has 1 unspecified atom stereocenters. The lowest BCUT2D eigenvalue weighted by Gasteiger charge is -1.94. The molecule has 2 rings (SSSR count). The Kier molecular flexibility index (Phi) is 3.15. The number of furan rings is 1. The van der Waals surface area contributed by atoms with Gasteiger partial charge in [0, 0.05) is 15.9 Å². The summed E-state index contributed by atoms with van der Waals surface area (Å²) in [6.45, 7) is 0. The van der Waals surface area contributed by atoms with Crippen molar-refractivity contribution in [2.45, 2.75) is 4.90 Å². The van der Waals surface area contributed by atoms with Crippen molar-refractivity contribution < 1.29 is 8.63 Å². The van der Waals surface area contributed by atoms with Gasteiger partial charge < -0.3 is 4.42 Å². The van der Waals surface area contributed by atoms with E-state index in [1.165, 1.54) is 0 Å². The fourth-order valence-corrected chi connectivity index (χ4v) is 2.01. The van der Waals surface area contributed by atoms with Gasteiger partial charge in [0.1, 0.15) is 0 Å². The van der Waals surface area contributed by atoms with Crippen LogP contribution in [0.15, 0.2) is 63.6 Å². The van der Waals surface area contributed by atoms with Gasteiger partial charge in [0.05, 0.1) is 23.3 Å². The zero-order valence-corrected chi connectivity index (χ0v) is 8.81. The first-order valence-corrected chi connectivity index (χ1v) is 5.73. The molecule has 1 aromatic carbocycles. The highest BCUT2D eigenvalue weighted by molar-refractivity contribution is 7.88. The van der Waals surface area contributed by atoms with Crippen molar-refractivity contribution in [2.24, 2.45) is 0 Å². The molecule has 0 spiro atoms. The molecule has 0 saturated heterocycles. The second-order valence-electron chi connectivity index (χ2n) is 2.97. The van der Waals surface area contributed by atoms with Crippen LogP contribution in [0.4, 0.5) is 0 Å². The van der Waals surface area contributed by atoms with Gasteiger partial charge >= 0.3 is 0 Å². The summed E-state index contributed by atoms with van der Waals surface area (Å²) < 4.78 is 16.6. The Labute approximate surface area is 90.7 Å². The molecule has 0 amide bonds. The predicted molar refractivity (Wildman–Crippen MR) is 60.6 cm³/mol. The van der Waals surface area contributed by atoms with Crippen molar-refractivity contribution in [3.8, 4) is 0 Å². The summed E-state index contributed by atoms with van der Waals surface area (Å²) in [6.07, 6.45) is 4.98. The fourth-order valence-electron chi connectivity index (χ4n) is 1.14. The van der Waals surface area contributed by atoms with E-state index in [0.717, 1.165) is 10.5 Å². The van der Waals surface area contributed by atoms with Gasteiger partial charge in [-0.3, -0.25) is 0 Å². The topological polar surface area (TPSA) is 30.2 Å². The molecule has 2 aromatic rings.